The summed E-state index contributed by atoms with van der Waals surface area (Å²) in [5.74, 6) is 0. The molecule has 1 aromatic heterocycles. The van der Waals surface area contributed by atoms with E-state index < -0.39 is 18.6 Å². The monoisotopic (exact) mass is 207 g/mol. The van der Waals surface area contributed by atoms with Crippen LogP contribution < -0.4 is 5.73 Å². The van der Waals surface area contributed by atoms with Gasteiger partial charge in [0.1, 0.15) is 0 Å². The summed E-state index contributed by atoms with van der Waals surface area (Å²) in [6.07, 6.45) is -2.40. The van der Waals surface area contributed by atoms with E-state index in [9.17, 15) is 13.2 Å². The van der Waals surface area contributed by atoms with Crippen LogP contribution in [0, 0.1) is 0 Å². The zero-order valence-corrected chi connectivity index (χ0v) is 7.75. The van der Waals surface area contributed by atoms with Crippen molar-refractivity contribution in [1.82, 2.24) is 9.55 Å². The van der Waals surface area contributed by atoms with Gasteiger partial charge in [0, 0.05) is 12.7 Å². The van der Waals surface area contributed by atoms with Crippen LogP contribution in [0.1, 0.15) is 25.1 Å². The Morgan fingerprint density at radius 2 is 2.21 bits per heavy atom. The molecule has 0 aromatic carbocycles. The van der Waals surface area contributed by atoms with Gasteiger partial charge in [-0.1, -0.05) is 0 Å². The first-order chi connectivity index (χ1) is 6.44. The van der Waals surface area contributed by atoms with E-state index in [0.717, 1.165) is 0 Å². The van der Waals surface area contributed by atoms with E-state index in [-0.39, 0.29) is 0 Å². The van der Waals surface area contributed by atoms with Gasteiger partial charge in [0.05, 0.1) is 24.5 Å². The van der Waals surface area contributed by atoms with Crippen LogP contribution in [0.25, 0.3) is 0 Å². The fraction of sp³-hybridized carbons (Fsp3) is 0.625. The molecule has 0 fully saturated rings. The van der Waals surface area contributed by atoms with Crippen molar-refractivity contribution in [3.05, 3.63) is 18.2 Å². The Morgan fingerprint density at radius 1 is 1.57 bits per heavy atom. The third kappa shape index (κ3) is 2.73. The highest BCUT2D eigenvalue weighted by Crippen LogP contribution is 2.27. The van der Waals surface area contributed by atoms with Crippen molar-refractivity contribution in [2.75, 3.05) is 0 Å². The van der Waals surface area contributed by atoms with E-state index in [4.69, 9.17) is 5.73 Å². The second-order valence-electron chi connectivity index (χ2n) is 3.03. The van der Waals surface area contributed by atoms with Gasteiger partial charge >= 0.3 is 6.18 Å². The maximum absolute atomic E-state index is 12.0. The maximum atomic E-state index is 12.0. The SMILES string of the molecule is CCn1cncc1C(N)CC(F)(F)F. The molecule has 0 aliphatic heterocycles. The second-order valence-corrected chi connectivity index (χ2v) is 3.03. The van der Waals surface area contributed by atoms with Crippen LogP contribution in [-0.2, 0) is 6.54 Å². The number of nitrogens with two attached hydrogens (primary N) is 1. The summed E-state index contributed by atoms with van der Waals surface area (Å²) in [5, 5.41) is 0. The summed E-state index contributed by atoms with van der Waals surface area (Å²) >= 11 is 0. The number of rotatable bonds is 3. The third-order valence-corrected chi connectivity index (χ3v) is 1.92. The van der Waals surface area contributed by atoms with E-state index in [0.29, 0.717) is 12.2 Å². The molecule has 2 N–H and O–H groups in total. The van der Waals surface area contributed by atoms with Crippen molar-refractivity contribution in [1.29, 1.82) is 0 Å². The Kier molecular flexibility index (Phi) is 3.15. The van der Waals surface area contributed by atoms with Crippen LogP contribution in [-0.4, -0.2) is 15.7 Å². The fourth-order valence-electron chi connectivity index (χ4n) is 1.26. The number of hydrogen-bond donors (Lipinski definition) is 1. The molecule has 0 saturated heterocycles. The summed E-state index contributed by atoms with van der Waals surface area (Å²) in [6, 6.07) is -1.03. The standard InChI is InChI=1S/C8H12F3N3/c1-2-14-5-13-4-7(14)6(12)3-8(9,10)11/h4-6H,2-3,12H2,1H3. The van der Waals surface area contributed by atoms with Crippen molar-refractivity contribution in [2.24, 2.45) is 5.73 Å². The van der Waals surface area contributed by atoms with E-state index in [1.54, 1.807) is 4.57 Å². The van der Waals surface area contributed by atoms with E-state index in [1.165, 1.54) is 12.5 Å². The van der Waals surface area contributed by atoms with Crippen LogP contribution in [0.15, 0.2) is 12.5 Å². The van der Waals surface area contributed by atoms with Crippen molar-refractivity contribution in [3.8, 4) is 0 Å². The first-order valence-electron chi connectivity index (χ1n) is 4.26. The Bertz CT molecular complexity index is 292. The smallest absolute Gasteiger partial charge is 0.333 e. The molecule has 0 aliphatic rings. The summed E-state index contributed by atoms with van der Waals surface area (Å²) in [6.45, 7) is 2.40. The van der Waals surface area contributed by atoms with Gasteiger partial charge in [-0.3, -0.25) is 0 Å². The van der Waals surface area contributed by atoms with Crippen molar-refractivity contribution < 1.29 is 13.2 Å². The quantitative estimate of drug-likeness (QED) is 0.822. The fourth-order valence-corrected chi connectivity index (χ4v) is 1.26. The molecule has 0 saturated carbocycles. The Hall–Kier alpha value is -1.04. The molecule has 1 rings (SSSR count). The predicted octanol–water partition coefficient (Wildman–Crippen LogP) is 1.86. The number of halogens is 3. The van der Waals surface area contributed by atoms with E-state index >= 15 is 0 Å². The highest BCUT2D eigenvalue weighted by atomic mass is 19.4. The minimum absolute atomic E-state index is 0.421. The minimum atomic E-state index is -4.23. The van der Waals surface area contributed by atoms with Crippen LogP contribution in [0.5, 0.6) is 0 Å². The molecular weight excluding hydrogens is 195 g/mol. The highest BCUT2D eigenvalue weighted by molar-refractivity contribution is 5.04. The van der Waals surface area contributed by atoms with Crippen LogP contribution in [0.3, 0.4) is 0 Å². The molecule has 0 radical (unpaired) electrons. The molecule has 0 spiro atoms. The molecule has 0 bridgehead atoms. The average molecular weight is 207 g/mol. The molecule has 80 valence electrons. The van der Waals surface area contributed by atoms with Gasteiger partial charge in [0.15, 0.2) is 0 Å². The Morgan fingerprint density at radius 3 is 2.71 bits per heavy atom. The van der Waals surface area contributed by atoms with Gasteiger partial charge < -0.3 is 10.3 Å². The molecule has 0 aliphatic carbocycles. The lowest BCUT2D eigenvalue weighted by Crippen LogP contribution is -2.22. The zero-order valence-electron chi connectivity index (χ0n) is 7.75. The summed E-state index contributed by atoms with van der Waals surface area (Å²) < 4.78 is 37.7. The number of alkyl halides is 3. The normalized spacial score (nSPS) is 14.4. The van der Waals surface area contributed by atoms with Crippen molar-refractivity contribution in [3.63, 3.8) is 0 Å². The van der Waals surface area contributed by atoms with E-state index in [2.05, 4.69) is 4.98 Å². The van der Waals surface area contributed by atoms with Crippen molar-refractivity contribution >= 4 is 0 Å². The summed E-state index contributed by atoms with van der Waals surface area (Å²) in [5.41, 5.74) is 5.84. The molecular formula is C8H12F3N3. The van der Waals surface area contributed by atoms with Crippen LogP contribution in [0.4, 0.5) is 13.2 Å². The highest BCUT2D eigenvalue weighted by Gasteiger charge is 2.31. The van der Waals surface area contributed by atoms with Crippen LogP contribution in [0.2, 0.25) is 0 Å². The lowest BCUT2D eigenvalue weighted by atomic mass is 10.1. The molecule has 1 aromatic rings. The lowest BCUT2D eigenvalue weighted by molar-refractivity contribution is -0.138. The molecule has 0 amide bonds. The average Bonchev–Trinajstić information content (AvgIpc) is 2.47. The number of imidazole rings is 1. The lowest BCUT2D eigenvalue weighted by Gasteiger charge is -2.15. The van der Waals surface area contributed by atoms with Crippen molar-refractivity contribution in [2.45, 2.75) is 32.1 Å². The zero-order chi connectivity index (χ0) is 10.8. The molecule has 3 nitrogen and oxygen atoms in total. The van der Waals surface area contributed by atoms with Gasteiger partial charge in [-0.2, -0.15) is 13.2 Å². The number of nitrogens with zero attached hydrogens (tertiary/aromatic N) is 2. The van der Waals surface area contributed by atoms with E-state index in [1.807, 2.05) is 6.92 Å². The topological polar surface area (TPSA) is 43.8 Å². The molecule has 1 atom stereocenters. The number of aromatic nitrogens is 2. The second kappa shape index (κ2) is 4.00. The Labute approximate surface area is 79.7 Å². The third-order valence-electron chi connectivity index (χ3n) is 1.92. The molecule has 6 heteroatoms. The largest absolute Gasteiger partial charge is 0.390 e. The maximum Gasteiger partial charge on any atom is 0.390 e. The molecule has 14 heavy (non-hydrogen) atoms. The van der Waals surface area contributed by atoms with Gasteiger partial charge in [-0.15, -0.1) is 0 Å². The van der Waals surface area contributed by atoms with Gasteiger partial charge in [0.25, 0.3) is 0 Å². The predicted molar refractivity (Wildman–Crippen MR) is 45.5 cm³/mol. The Balaban J connectivity index is 2.74. The first-order valence-corrected chi connectivity index (χ1v) is 4.26. The van der Waals surface area contributed by atoms with Gasteiger partial charge in [-0.25, -0.2) is 4.98 Å². The summed E-state index contributed by atoms with van der Waals surface area (Å²) in [4.78, 5) is 3.76. The first kappa shape index (κ1) is 11.0. The minimum Gasteiger partial charge on any atom is -0.333 e. The molecule has 1 unspecified atom stereocenters. The number of hydrogen-bond acceptors (Lipinski definition) is 2. The number of aryl methyl sites for hydroxylation is 1. The van der Waals surface area contributed by atoms with Crippen LogP contribution >= 0.6 is 0 Å². The molecule has 1 heterocycles. The summed E-state index contributed by atoms with van der Waals surface area (Å²) in [7, 11) is 0. The van der Waals surface area contributed by atoms with Gasteiger partial charge in [0.2, 0.25) is 0 Å². The van der Waals surface area contributed by atoms with Gasteiger partial charge in [-0.05, 0) is 6.92 Å².